The molecule has 5 nitrogen and oxygen atoms in total. The summed E-state index contributed by atoms with van der Waals surface area (Å²) in [4.78, 5) is 4.17. The largest absolute Gasteiger partial charge is 0.504 e. The van der Waals surface area contributed by atoms with Crippen LogP contribution in [-0.4, -0.2) is 20.4 Å². The molecule has 0 aliphatic carbocycles. The van der Waals surface area contributed by atoms with Crippen molar-refractivity contribution in [3.8, 4) is 23.0 Å². The molecule has 0 aliphatic heterocycles. The van der Waals surface area contributed by atoms with Gasteiger partial charge in [0.25, 0.3) is 5.89 Å². The number of phenols is 2. The third kappa shape index (κ3) is 2.38. The number of aromatic hydroxyl groups is 2. The monoisotopic (exact) mass is 234 g/mol. The van der Waals surface area contributed by atoms with Gasteiger partial charge in [-0.2, -0.15) is 4.98 Å². The minimum atomic E-state index is -0.238. The van der Waals surface area contributed by atoms with E-state index in [4.69, 9.17) is 4.52 Å². The quantitative estimate of drug-likeness (QED) is 0.794. The molecule has 90 valence electrons. The second-order valence-corrected chi connectivity index (χ2v) is 3.79. The van der Waals surface area contributed by atoms with Crippen LogP contribution < -0.4 is 0 Å². The Balaban J connectivity index is 2.27. The molecule has 0 amide bonds. The molecule has 0 aliphatic rings. The number of hydrogen-bond acceptors (Lipinski definition) is 5. The number of para-hydroxylation sites is 1. The van der Waals surface area contributed by atoms with Crippen molar-refractivity contribution in [3.05, 3.63) is 24.0 Å². The molecule has 1 aromatic heterocycles. The lowest BCUT2D eigenvalue weighted by atomic mass is 10.2. The van der Waals surface area contributed by atoms with Gasteiger partial charge in [0.2, 0.25) is 0 Å². The highest BCUT2D eigenvalue weighted by atomic mass is 16.5. The predicted molar refractivity (Wildman–Crippen MR) is 61.7 cm³/mol. The number of benzene rings is 1. The Morgan fingerprint density at radius 3 is 2.88 bits per heavy atom. The molecule has 5 heteroatoms. The molecule has 17 heavy (non-hydrogen) atoms. The Morgan fingerprint density at radius 1 is 1.29 bits per heavy atom. The summed E-state index contributed by atoms with van der Waals surface area (Å²) in [7, 11) is 0. The fourth-order valence-corrected chi connectivity index (χ4v) is 1.50. The number of phenolic OH excluding ortho intramolecular Hbond substituents is 2. The van der Waals surface area contributed by atoms with Crippen molar-refractivity contribution < 1.29 is 14.7 Å². The SMILES string of the molecule is CCCCc1noc(-c2cccc(O)c2O)n1. The first kappa shape index (κ1) is 11.4. The van der Waals surface area contributed by atoms with Gasteiger partial charge in [-0.25, -0.2) is 0 Å². The van der Waals surface area contributed by atoms with Gasteiger partial charge in [-0.3, -0.25) is 0 Å². The van der Waals surface area contributed by atoms with Crippen LogP contribution in [-0.2, 0) is 6.42 Å². The van der Waals surface area contributed by atoms with Crippen LogP contribution in [0, 0.1) is 0 Å². The molecule has 0 saturated heterocycles. The zero-order valence-corrected chi connectivity index (χ0v) is 9.55. The van der Waals surface area contributed by atoms with Crippen molar-refractivity contribution >= 4 is 0 Å². The van der Waals surface area contributed by atoms with Crippen molar-refractivity contribution in [2.24, 2.45) is 0 Å². The highest BCUT2D eigenvalue weighted by Gasteiger charge is 2.14. The zero-order valence-electron chi connectivity index (χ0n) is 9.55. The van der Waals surface area contributed by atoms with E-state index in [1.165, 1.54) is 6.07 Å². The lowest BCUT2D eigenvalue weighted by Crippen LogP contribution is -1.87. The third-order valence-electron chi connectivity index (χ3n) is 2.47. The van der Waals surface area contributed by atoms with Gasteiger partial charge in [-0.05, 0) is 18.6 Å². The Labute approximate surface area is 98.7 Å². The molecule has 2 N–H and O–H groups in total. The Kier molecular flexibility index (Phi) is 3.27. The van der Waals surface area contributed by atoms with Crippen LogP contribution in [0.5, 0.6) is 11.5 Å². The van der Waals surface area contributed by atoms with Crippen LogP contribution in [0.2, 0.25) is 0 Å². The molecular formula is C12H14N2O3. The first-order valence-electron chi connectivity index (χ1n) is 5.56. The summed E-state index contributed by atoms with van der Waals surface area (Å²) in [6.45, 7) is 2.09. The highest BCUT2D eigenvalue weighted by molar-refractivity contribution is 5.66. The molecule has 0 radical (unpaired) electrons. The molecule has 2 aromatic rings. The molecule has 0 unspecified atom stereocenters. The van der Waals surface area contributed by atoms with Crippen LogP contribution in [0.15, 0.2) is 22.7 Å². The Morgan fingerprint density at radius 2 is 2.12 bits per heavy atom. The van der Waals surface area contributed by atoms with Gasteiger partial charge in [0, 0.05) is 6.42 Å². The van der Waals surface area contributed by atoms with Gasteiger partial charge >= 0.3 is 0 Å². The maximum Gasteiger partial charge on any atom is 0.261 e. The fourth-order valence-electron chi connectivity index (χ4n) is 1.50. The second-order valence-electron chi connectivity index (χ2n) is 3.79. The van der Waals surface area contributed by atoms with Gasteiger partial charge < -0.3 is 14.7 Å². The number of rotatable bonds is 4. The predicted octanol–water partition coefficient (Wildman–Crippen LogP) is 2.49. The van der Waals surface area contributed by atoms with Gasteiger partial charge in [-0.1, -0.05) is 24.6 Å². The average molecular weight is 234 g/mol. The van der Waals surface area contributed by atoms with E-state index in [9.17, 15) is 10.2 Å². The van der Waals surface area contributed by atoms with E-state index in [2.05, 4.69) is 17.1 Å². The van der Waals surface area contributed by atoms with Gasteiger partial charge in [0.15, 0.2) is 17.3 Å². The summed E-state index contributed by atoms with van der Waals surface area (Å²) in [5.74, 6) is 0.406. The van der Waals surface area contributed by atoms with Crippen LogP contribution in [0.3, 0.4) is 0 Å². The molecular weight excluding hydrogens is 220 g/mol. The van der Waals surface area contributed by atoms with E-state index in [-0.39, 0.29) is 17.4 Å². The first-order valence-corrected chi connectivity index (χ1v) is 5.56. The van der Waals surface area contributed by atoms with E-state index < -0.39 is 0 Å². The van der Waals surface area contributed by atoms with E-state index in [1.807, 2.05) is 0 Å². The molecule has 0 spiro atoms. The molecule has 0 fully saturated rings. The van der Waals surface area contributed by atoms with Gasteiger partial charge in [0.05, 0.1) is 5.56 Å². The minimum Gasteiger partial charge on any atom is -0.504 e. The summed E-state index contributed by atoms with van der Waals surface area (Å²) < 4.78 is 5.05. The number of nitrogens with zero attached hydrogens (tertiary/aromatic N) is 2. The van der Waals surface area contributed by atoms with E-state index in [1.54, 1.807) is 12.1 Å². The lowest BCUT2D eigenvalue weighted by molar-refractivity contribution is 0.396. The van der Waals surface area contributed by atoms with E-state index in [0.29, 0.717) is 11.4 Å². The van der Waals surface area contributed by atoms with Crippen molar-refractivity contribution in [1.82, 2.24) is 10.1 Å². The molecule has 0 atom stereocenters. The van der Waals surface area contributed by atoms with Crippen LogP contribution in [0.1, 0.15) is 25.6 Å². The molecule has 1 aromatic carbocycles. The van der Waals surface area contributed by atoms with Crippen LogP contribution >= 0.6 is 0 Å². The van der Waals surface area contributed by atoms with Crippen molar-refractivity contribution in [3.63, 3.8) is 0 Å². The smallest absolute Gasteiger partial charge is 0.261 e. The second kappa shape index (κ2) is 4.86. The summed E-state index contributed by atoms with van der Waals surface area (Å²) in [5, 5.41) is 22.9. The summed E-state index contributed by atoms with van der Waals surface area (Å²) in [6, 6.07) is 4.62. The van der Waals surface area contributed by atoms with E-state index in [0.717, 1.165) is 19.3 Å². The Bertz CT molecular complexity index is 508. The van der Waals surface area contributed by atoms with Crippen LogP contribution in [0.4, 0.5) is 0 Å². The minimum absolute atomic E-state index is 0.198. The van der Waals surface area contributed by atoms with E-state index >= 15 is 0 Å². The van der Waals surface area contributed by atoms with Crippen molar-refractivity contribution in [2.75, 3.05) is 0 Å². The number of aromatic nitrogens is 2. The number of unbranched alkanes of at least 4 members (excludes halogenated alkanes) is 1. The number of hydrogen-bond donors (Lipinski definition) is 2. The van der Waals surface area contributed by atoms with Crippen molar-refractivity contribution in [2.45, 2.75) is 26.2 Å². The van der Waals surface area contributed by atoms with Crippen LogP contribution in [0.25, 0.3) is 11.5 Å². The number of aryl methyl sites for hydroxylation is 1. The molecule has 2 rings (SSSR count). The standard InChI is InChI=1S/C12H14N2O3/c1-2-3-7-10-13-12(17-14-10)8-5-4-6-9(15)11(8)16/h4-6,15-16H,2-3,7H2,1H3. The maximum absolute atomic E-state index is 9.66. The normalized spacial score (nSPS) is 10.6. The Hall–Kier alpha value is -2.04. The molecule has 0 saturated carbocycles. The lowest BCUT2D eigenvalue weighted by Gasteiger charge is -2.00. The highest BCUT2D eigenvalue weighted by Crippen LogP contribution is 2.34. The molecule has 0 bridgehead atoms. The summed E-state index contributed by atoms with van der Waals surface area (Å²) in [6.07, 6.45) is 2.80. The third-order valence-corrected chi connectivity index (χ3v) is 2.47. The zero-order chi connectivity index (χ0) is 12.3. The average Bonchev–Trinajstić information content (AvgIpc) is 2.78. The molecule has 1 heterocycles. The van der Waals surface area contributed by atoms with Gasteiger partial charge in [-0.15, -0.1) is 0 Å². The van der Waals surface area contributed by atoms with Crippen molar-refractivity contribution in [1.29, 1.82) is 0 Å². The van der Waals surface area contributed by atoms with Gasteiger partial charge in [0.1, 0.15) is 0 Å². The first-order chi connectivity index (χ1) is 8.22. The maximum atomic E-state index is 9.66. The topological polar surface area (TPSA) is 79.4 Å². The summed E-state index contributed by atoms with van der Waals surface area (Å²) in [5.41, 5.74) is 0.347. The summed E-state index contributed by atoms with van der Waals surface area (Å²) >= 11 is 0. The fraction of sp³-hybridized carbons (Fsp3) is 0.333.